The van der Waals surface area contributed by atoms with Gasteiger partial charge in [0.25, 0.3) is 0 Å². The van der Waals surface area contributed by atoms with E-state index in [9.17, 15) is 9.90 Å². The van der Waals surface area contributed by atoms with E-state index < -0.39 is 5.63 Å². The van der Waals surface area contributed by atoms with Gasteiger partial charge in [-0.1, -0.05) is 18.2 Å². The predicted octanol–water partition coefficient (Wildman–Crippen LogP) is 3.53. The summed E-state index contributed by atoms with van der Waals surface area (Å²) in [5, 5.41) is 21.5. The number of anilines is 1. The first-order valence-corrected chi connectivity index (χ1v) is 9.27. The highest BCUT2D eigenvalue weighted by molar-refractivity contribution is 6.04. The largest absolute Gasteiger partial charge is 0.507 e. The fraction of sp³-hybridized carbons (Fsp3) is 0.286. The van der Waals surface area contributed by atoms with Gasteiger partial charge in [0.05, 0.1) is 23.1 Å². The minimum absolute atomic E-state index is 0.109. The lowest BCUT2D eigenvalue weighted by atomic mass is 9.99. The van der Waals surface area contributed by atoms with Gasteiger partial charge in [-0.3, -0.25) is 9.69 Å². The molecule has 1 aliphatic rings. The number of rotatable bonds is 4. The average molecular weight is 378 g/mol. The van der Waals surface area contributed by atoms with Gasteiger partial charge in [-0.2, -0.15) is 10.2 Å². The van der Waals surface area contributed by atoms with Gasteiger partial charge in [-0.15, -0.1) is 0 Å². The topological polar surface area (TPSA) is 83.9 Å². The quantitative estimate of drug-likeness (QED) is 0.751. The van der Waals surface area contributed by atoms with Gasteiger partial charge in [0.2, 0.25) is 0 Å². The van der Waals surface area contributed by atoms with Crippen LogP contribution in [0.2, 0.25) is 0 Å². The van der Waals surface area contributed by atoms with Crippen LogP contribution in [-0.4, -0.2) is 20.6 Å². The molecule has 1 aromatic carbocycles. The van der Waals surface area contributed by atoms with Crippen LogP contribution in [0.4, 0.5) is 5.69 Å². The summed E-state index contributed by atoms with van der Waals surface area (Å²) < 4.78 is 7.09. The van der Waals surface area contributed by atoms with Crippen LogP contribution in [0.1, 0.15) is 42.0 Å². The maximum absolute atomic E-state index is 12.4. The van der Waals surface area contributed by atoms with E-state index in [1.165, 1.54) is 6.07 Å². The molecule has 0 fully saturated rings. The molecule has 1 aliphatic heterocycles. The zero-order valence-electron chi connectivity index (χ0n) is 16.1. The number of aryl methyl sites for hydroxylation is 3. The van der Waals surface area contributed by atoms with Crippen LogP contribution in [-0.2, 0) is 6.54 Å². The molecule has 0 radical (unpaired) electrons. The molecule has 0 spiro atoms. The summed E-state index contributed by atoms with van der Waals surface area (Å²) in [4.78, 5) is 12.4. The first-order chi connectivity index (χ1) is 13.5. The smallest absolute Gasteiger partial charge is 0.348 e. The van der Waals surface area contributed by atoms with E-state index in [2.05, 4.69) is 5.10 Å². The third-order valence-electron chi connectivity index (χ3n) is 4.94. The molecule has 0 saturated heterocycles. The molecule has 0 amide bonds. The molecule has 28 heavy (non-hydrogen) atoms. The van der Waals surface area contributed by atoms with E-state index in [0.717, 1.165) is 23.5 Å². The van der Waals surface area contributed by atoms with Gasteiger partial charge < -0.3 is 9.52 Å². The summed E-state index contributed by atoms with van der Waals surface area (Å²) in [6.07, 6.45) is 2.48. The number of hydrogen-bond acceptors (Lipinski definition) is 6. The highest BCUT2D eigenvalue weighted by Crippen LogP contribution is 2.38. The molecule has 3 heterocycles. The van der Waals surface area contributed by atoms with Crippen LogP contribution in [0, 0.1) is 13.8 Å². The normalized spacial score (nSPS) is 16.5. The van der Waals surface area contributed by atoms with Gasteiger partial charge in [0.1, 0.15) is 17.1 Å². The second-order valence-electron chi connectivity index (χ2n) is 6.88. The third-order valence-corrected chi connectivity index (χ3v) is 4.94. The summed E-state index contributed by atoms with van der Waals surface area (Å²) in [6.45, 7) is 6.41. The lowest BCUT2D eigenvalue weighted by molar-refractivity contribution is 0.432. The van der Waals surface area contributed by atoms with Gasteiger partial charge in [-0.25, -0.2) is 4.79 Å². The second kappa shape index (κ2) is 6.99. The zero-order chi connectivity index (χ0) is 19.8. The lowest BCUT2D eigenvalue weighted by Crippen LogP contribution is -2.19. The Morgan fingerprint density at radius 2 is 2.00 bits per heavy atom. The molecule has 7 nitrogen and oxygen atoms in total. The Hall–Kier alpha value is -3.35. The number of para-hydroxylation sites is 1. The molecule has 0 saturated carbocycles. The van der Waals surface area contributed by atoms with Crippen molar-refractivity contribution in [2.24, 2.45) is 5.10 Å². The Bertz CT molecular complexity index is 1100. The Balaban J connectivity index is 1.83. The Kier molecular flexibility index (Phi) is 4.50. The number of hydrogen-bond donors (Lipinski definition) is 1. The van der Waals surface area contributed by atoms with E-state index in [4.69, 9.17) is 9.52 Å². The van der Waals surface area contributed by atoms with E-state index in [0.29, 0.717) is 17.9 Å². The molecule has 144 valence electrons. The van der Waals surface area contributed by atoms with Crippen LogP contribution in [0.25, 0.3) is 0 Å². The van der Waals surface area contributed by atoms with Crippen molar-refractivity contribution in [3.8, 4) is 5.75 Å². The zero-order valence-corrected chi connectivity index (χ0v) is 16.1. The third kappa shape index (κ3) is 3.09. The predicted molar refractivity (Wildman–Crippen MR) is 107 cm³/mol. The summed E-state index contributed by atoms with van der Waals surface area (Å²) in [7, 11) is 0. The van der Waals surface area contributed by atoms with Crippen molar-refractivity contribution in [1.82, 2.24) is 9.78 Å². The van der Waals surface area contributed by atoms with E-state index in [1.54, 1.807) is 6.92 Å². The van der Waals surface area contributed by atoms with Crippen LogP contribution in [0.15, 0.2) is 56.9 Å². The highest BCUT2D eigenvalue weighted by atomic mass is 16.4. The van der Waals surface area contributed by atoms with Crippen molar-refractivity contribution >= 4 is 11.4 Å². The average Bonchev–Trinajstić information content (AvgIpc) is 3.25. The maximum Gasteiger partial charge on any atom is 0.348 e. The molecule has 0 bridgehead atoms. The second-order valence-corrected chi connectivity index (χ2v) is 6.88. The molecular weight excluding hydrogens is 356 g/mol. The molecule has 0 aliphatic carbocycles. The minimum atomic E-state index is -0.578. The van der Waals surface area contributed by atoms with Gasteiger partial charge in [0, 0.05) is 30.8 Å². The van der Waals surface area contributed by atoms with E-state index >= 15 is 0 Å². The first kappa shape index (κ1) is 18.0. The Morgan fingerprint density at radius 1 is 1.25 bits per heavy atom. The molecule has 2 aromatic heterocycles. The number of benzene rings is 1. The molecule has 7 heteroatoms. The molecule has 1 atom stereocenters. The number of hydrazone groups is 1. The van der Waals surface area contributed by atoms with Crippen LogP contribution in [0.3, 0.4) is 0 Å². The SMILES string of the molecule is CCn1cc([C@@H]2CC(c3c(O)cc(C)oc3=O)=NN2c2ccccc2)c(C)n1. The van der Waals surface area contributed by atoms with Gasteiger partial charge in [-0.05, 0) is 32.9 Å². The summed E-state index contributed by atoms with van der Waals surface area (Å²) in [5.74, 6) is 0.253. The fourth-order valence-electron chi connectivity index (χ4n) is 3.61. The van der Waals surface area contributed by atoms with Gasteiger partial charge >= 0.3 is 5.63 Å². The lowest BCUT2D eigenvalue weighted by Gasteiger charge is -2.23. The van der Waals surface area contributed by atoms with Crippen LogP contribution >= 0.6 is 0 Å². The standard InChI is InChI=1S/C21H22N4O3/c1-4-24-12-16(14(3)22-24)18-11-17(20-19(26)10-13(2)28-21(20)27)23-25(18)15-8-6-5-7-9-15/h5-10,12,18,26H,4,11H2,1-3H3/t18-/m0/s1. The maximum atomic E-state index is 12.4. The molecule has 0 unspecified atom stereocenters. The van der Waals surface area contributed by atoms with Crippen molar-refractivity contribution in [1.29, 1.82) is 0 Å². The fourth-order valence-corrected chi connectivity index (χ4v) is 3.61. The van der Waals surface area contributed by atoms with E-state index in [1.807, 2.05) is 60.1 Å². The first-order valence-electron chi connectivity index (χ1n) is 9.27. The molecular formula is C21H22N4O3. The summed E-state index contributed by atoms with van der Waals surface area (Å²) in [6, 6.07) is 11.1. The monoisotopic (exact) mass is 378 g/mol. The van der Waals surface area contributed by atoms with Crippen LogP contribution < -0.4 is 10.6 Å². The highest BCUT2D eigenvalue weighted by Gasteiger charge is 2.34. The Labute approximate surface area is 162 Å². The number of nitrogens with zero attached hydrogens (tertiary/aromatic N) is 4. The Morgan fingerprint density at radius 3 is 2.64 bits per heavy atom. The summed E-state index contributed by atoms with van der Waals surface area (Å²) >= 11 is 0. The molecule has 4 rings (SSSR count). The van der Waals surface area contributed by atoms with Crippen molar-refractivity contribution in [2.45, 2.75) is 39.8 Å². The summed E-state index contributed by atoms with van der Waals surface area (Å²) in [5.41, 5.74) is 2.91. The molecule has 1 N–H and O–H groups in total. The minimum Gasteiger partial charge on any atom is -0.507 e. The molecule has 3 aromatic rings. The van der Waals surface area contributed by atoms with Crippen molar-refractivity contribution in [3.05, 3.63) is 75.6 Å². The van der Waals surface area contributed by atoms with Crippen molar-refractivity contribution in [3.63, 3.8) is 0 Å². The number of aromatic hydroxyl groups is 1. The number of aromatic nitrogens is 2. The van der Waals surface area contributed by atoms with Gasteiger partial charge in [0.15, 0.2) is 0 Å². The van der Waals surface area contributed by atoms with Crippen LogP contribution in [0.5, 0.6) is 5.75 Å². The van der Waals surface area contributed by atoms with Crippen molar-refractivity contribution in [2.75, 3.05) is 5.01 Å². The van der Waals surface area contributed by atoms with Crippen molar-refractivity contribution < 1.29 is 9.52 Å². The van der Waals surface area contributed by atoms with E-state index in [-0.39, 0.29) is 17.4 Å².